The number of hydrogen-bond acceptors (Lipinski definition) is 2. The van der Waals surface area contributed by atoms with Gasteiger partial charge < -0.3 is 10.6 Å². The summed E-state index contributed by atoms with van der Waals surface area (Å²) < 4.78 is 0. The molecule has 1 saturated heterocycles. The van der Waals surface area contributed by atoms with Crippen molar-refractivity contribution in [1.29, 1.82) is 0 Å². The molecule has 0 bridgehead atoms. The third-order valence-corrected chi connectivity index (χ3v) is 4.59. The molecular weight excluding hydrogens is 308 g/mol. The fraction of sp³-hybridized carbons (Fsp3) is 0.316. The highest BCUT2D eigenvalue weighted by molar-refractivity contribution is 6.30. The molecule has 3 nitrogen and oxygen atoms in total. The first-order valence-corrected chi connectivity index (χ1v) is 8.39. The number of nitrogens with one attached hydrogen (secondary N) is 2. The predicted molar refractivity (Wildman–Crippen MR) is 95.8 cm³/mol. The van der Waals surface area contributed by atoms with Crippen LogP contribution in [0.25, 0.3) is 11.1 Å². The lowest BCUT2D eigenvalue weighted by molar-refractivity contribution is -0.120. The normalized spacial score (nSPS) is 15.4. The lowest BCUT2D eigenvalue weighted by atomic mass is 9.96. The van der Waals surface area contributed by atoms with E-state index in [1.54, 1.807) is 0 Å². The van der Waals surface area contributed by atoms with Gasteiger partial charge in [-0.1, -0.05) is 29.8 Å². The number of rotatable bonds is 3. The summed E-state index contributed by atoms with van der Waals surface area (Å²) in [5, 5.41) is 7.09. The predicted octanol–water partition coefficient (Wildman–Crippen LogP) is 4.25. The number of benzene rings is 2. The second-order valence-corrected chi connectivity index (χ2v) is 6.49. The Hall–Kier alpha value is -1.84. The van der Waals surface area contributed by atoms with E-state index in [0.717, 1.165) is 53.3 Å². The molecule has 120 valence electrons. The third-order valence-electron chi connectivity index (χ3n) is 4.35. The molecular formula is C19H21ClN2O. The molecule has 1 heterocycles. The van der Waals surface area contributed by atoms with Crippen LogP contribution >= 0.6 is 11.6 Å². The monoisotopic (exact) mass is 328 g/mol. The number of aryl methyl sites for hydroxylation is 1. The lowest BCUT2D eigenvalue weighted by Gasteiger charge is -2.22. The van der Waals surface area contributed by atoms with Crippen LogP contribution in [-0.2, 0) is 4.79 Å². The molecule has 2 aromatic carbocycles. The Morgan fingerprint density at radius 2 is 1.87 bits per heavy atom. The average molecular weight is 329 g/mol. The number of amides is 1. The minimum Gasteiger partial charge on any atom is -0.326 e. The Bertz CT molecular complexity index is 708. The van der Waals surface area contributed by atoms with Gasteiger partial charge in [0.15, 0.2) is 0 Å². The number of hydrogen-bond donors (Lipinski definition) is 2. The molecule has 0 atom stereocenters. The molecule has 0 aromatic heterocycles. The summed E-state index contributed by atoms with van der Waals surface area (Å²) >= 11 is 6.06. The summed E-state index contributed by atoms with van der Waals surface area (Å²) in [4.78, 5) is 12.4. The van der Waals surface area contributed by atoms with Gasteiger partial charge in [-0.25, -0.2) is 0 Å². The quantitative estimate of drug-likeness (QED) is 0.884. The van der Waals surface area contributed by atoms with E-state index in [1.807, 2.05) is 43.3 Å². The fourth-order valence-electron chi connectivity index (χ4n) is 2.97. The van der Waals surface area contributed by atoms with Crippen molar-refractivity contribution < 1.29 is 4.79 Å². The molecule has 0 spiro atoms. The summed E-state index contributed by atoms with van der Waals surface area (Å²) in [5.41, 5.74) is 4.13. The number of halogens is 1. The molecule has 1 fully saturated rings. The van der Waals surface area contributed by atoms with Crippen LogP contribution in [0, 0.1) is 12.8 Å². The van der Waals surface area contributed by atoms with E-state index in [1.165, 1.54) is 0 Å². The van der Waals surface area contributed by atoms with Gasteiger partial charge in [-0.15, -0.1) is 0 Å². The van der Waals surface area contributed by atoms with Gasteiger partial charge in [-0.3, -0.25) is 4.79 Å². The van der Waals surface area contributed by atoms with Gasteiger partial charge in [-0.2, -0.15) is 0 Å². The molecule has 1 aliphatic heterocycles. The fourth-order valence-corrected chi connectivity index (χ4v) is 3.16. The first-order chi connectivity index (χ1) is 11.1. The highest BCUT2D eigenvalue weighted by atomic mass is 35.5. The van der Waals surface area contributed by atoms with E-state index < -0.39 is 0 Å². The Morgan fingerprint density at radius 3 is 2.57 bits per heavy atom. The second-order valence-electron chi connectivity index (χ2n) is 6.05. The van der Waals surface area contributed by atoms with Crippen LogP contribution in [0.3, 0.4) is 0 Å². The Balaban J connectivity index is 1.75. The highest BCUT2D eigenvalue weighted by Gasteiger charge is 2.21. The largest absolute Gasteiger partial charge is 0.326 e. The van der Waals surface area contributed by atoms with Crippen molar-refractivity contribution in [2.45, 2.75) is 19.8 Å². The molecule has 1 amide bonds. The van der Waals surface area contributed by atoms with Crippen molar-refractivity contribution in [3.05, 3.63) is 53.1 Å². The van der Waals surface area contributed by atoms with Crippen LogP contribution in [-0.4, -0.2) is 19.0 Å². The van der Waals surface area contributed by atoms with Gasteiger partial charge >= 0.3 is 0 Å². The number of piperidine rings is 1. The summed E-state index contributed by atoms with van der Waals surface area (Å²) in [7, 11) is 0. The topological polar surface area (TPSA) is 41.1 Å². The summed E-state index contributed by atoms with van der Waals surface area (Å²) in [6.07, 6.45) is 1.82. The number of carbonyl (C=O) groups excluding carboxylic acids is 1. The van der Waals surface area contributed by atoms with E-state index in [9.17, 15) is 4.79 Å². The van der Waals surface area contributed by atoms with Gasteiger partial charge in [0.05, 0.1) is 0 Å². The van der Waals surface area contributed by atoms with E-state index >= 15 is 0 Å². The smallest absolute Gasteiger partial charge is 0.227 e. The molecule has 0 saturated carbocycles. The second kappa shape index (κ2) is 7.16. The van der Waals surface area contributed by atoms with Gasteiger partial charge in [0.25, 0.3) is 0 Å². The zero-order chi connectivity index (χ0) is 16.2. The maximum absolute atomic E-state index is 12.4. The van der Waals surface area contributed by atoms with Crippen LogP contribution in [0.2, 0.25) is 5.02 Å². The molecule has 0 aliphatic carbocycles. The van der Waals surface area contributed by atoms with Crippen molar-refractivity contribution in [3.63, 3.8) is 0 Å². The minimum absolute atomic E-state index is 0.114. The Kier molecular flexibility index (Phi) is 4.99. The maximum atomic E-state index is 12.4. The van der Waals surface area contributed by atoms with Crippen molar-refractivity contribution in [2.75, 3.05) is 18.4 Å². The SMILES string of the molecule is Cc1cc(-c2cccc(Cl)c2)ccc1NC(=O)C1CCNCC1. The average Bonchev–Trinajstić information content (AvgIpc) is 2.57. The molecule has 4 heteroatoms. The lowest BCUT2D eigenvalue weighted by Crippen LogP contribution is -2.34. The molecule has 2 aromatic rings. The standard InChI is InChI=1S/C19H21ClN2O/c1-13-11-16(15-3-2-4-17(20)12-15)5-6-18(13)22-19(23)14-7-9-21-10-8-14/h2-6,11-12,14,21H,7-10H2,1H3,(H,22,23). The van der Waals surface area contributed by atoms with Gasteiger partial charge in [0, 0.05) is 16.6 Å². The van der Waals surface area contributed by atoms with Crippen molar-refractivity contribution >= 4 is 23.2 Å². The van der Waals surface area contributed by atoms with E-state index in [4.69, 9.17) is 11.6 Å². The maximum Gasteiger partial charge on any atom is 0.227 e. The van der Waals surface area contributed by atoms with E-state index in [-0.39, 0.29) is 11.8 Å². The first kappa shape index (κ1) is 16.0. The first-order valence-electron chi connectivity index (χ1n) is 8.01. The molecule has 3 rings (SSSR count). The Morgan fingerprint density at radius 1 is 1.13 bits per heavy atom. The van der Waals surface area contributed by atoms with Gasteiger partial charge in [-0.05, 0) is 73.8 Å². The molecule has 1 aliphatic rings. The summed E-state index contributed by atoms with van der Waals surface area (Å²) in [5.74, 6) is 0.244. The third kappa shape index (κ3) is 3.92. The van der Waals surface area contributed by atoms with Crippen molar-refractivity contribution in [3.8, 4) is 11.1 Å². The summed E-state index contributed by atoms with van der Waals surface area (Å²) in [6.45, 7) is 3.86. The van der Waals surface area contributed by atoms with E-state index in [0.29, 0.717) is 0 Å². The zero-order valence-electron chi connectivity index (χ0n) is 13.2. The zero-order valence-corrected chi connectivity index (χ0v) is 14.0. The van der Waals surface area contributed by atoms with Crippen LogP contribution in [0.5, 0.6) is 0 Å². The van der Waals surface area contributed by atoms with Gasteiger partial charge in [0.1, 0.15) is 0 Å². The van der Waals surface area contributed by atoms with Crippen LogP contribution < -0.4 is 10.6 Å². The van der Waals surface area contributed by atoms with Crippen molar-refractivity contribution in [2.24, 2.45) is 5.92 Å². The highest BCUT2D eigenvalue weighted by Crippen LogP contribution is 2.27. The van der Waals surface area contributed by atoms with Crippen LogP contribution in [0.4, 0.5) is 5.69 Å². The van der Waals surface area contributed by atoms with E-state index in [2.05, 4.69) is 16.7 Å². The molecule has 0 radical (unpaired) electrons. The molecule has 23 heavy (non-hydrogen) atoms. The van der Waals surface area contributed by atoms with Crippen LogP contribution in [0.1, 0.15) is 18.4 Å². The van der Waals surface area contributed by atoms with Crippen LogP contribution in [0.15, 0.2) is 42.5 Å². The minimum atomic E-state index is 0.114. The molecule has 2 N–H and O–H groups in total. The van der Waals surface area contributed by atoms with Crippen molar-refractivity contribution in [1.82, 2.24) is 5.32 Å². The number of anilines is 1. The summed E-state index contributed by atoms with van der Waals surface area (Å²) in [6, 6.07) is 13.9. The van der Waals surface area contributed by atoms with Gasteiger partial charge in [0.2, 0.25) is 5.91 Å². The number of carbonyl (C=O) groups is 1. The Labute approximate surface area is 142 Å². The molecule has 0 unspecified atom stereocenters.